The molecule has 9 nitrogen and oxygen atoms in total. The van der Waals surface area contributed by atoms with E-state index < -0.39 is 10.9 Å². The van der Waals surface area contributed by atoms with Crippen LogP contribution in [0.2, 0.25) is 0 Å². The number of nitrogens with zero attached hydrogens (tertiary/aromatic N) is 1. The van der Waals surface area contributed by atoms with Gasteiger partial charge in [-0.05, 0) is 47.9 Å². The Labute approximate surface area is 205 Å². The van der Waals surface area contributed by atoms with Crippen LogP contribution in [0.5, 0.6) is 17.2 Å². The molecule has 36 heavy (non-hydrogen) atoms. The van der Waals surface area contributed by atoms with Crippen molar-refractivity contribution in [2.75, 3.05) is 13.2 Å². The maximum atomic E-state index is 13.4. The lowest BCUT2D eigenvalue weighted by molar-refractivity contribution is -0.384. The van der Waals surface area contributed by atoms with Gasteiger partial charge < -0.3 is 18.6 Å². The number of rotatable bonds is 5. The van der Waals surface area contributed by atoms with Crippen molar-refractivity contribution in [1.29, 1.82) is 0 Å². The van der Waals surface area contributed by atoms with Gasteiger partial charge in [0.25, 0.3) is 5.69 Å². The van der Waals surface area contributed by atoms with E-state index in [4.69, 9.17) is 18.6 Å². The van der Waals surface area contributed by atoms with E-state index in [1.807, 2.05) is 6.92 Å². The number of ether oxygens (including phenoxy) is 3. The topological polar surface area (TPSA) is 118 Å². The Balaban J connectivity index is 1.48. The van der Waals surface area contributed by atoms with Gasteiger partial charge in [-0.15, -0.1) is 0 Å². The van der Waals surface area contributed by atoms with Crippen LogP contribution in [-0.2, 0) is 6.42 Å². The summed E-state index contributed by atoms with van der Waals surface area (Å²) in [5.41, 5.74) is 1.72. The SMILES string of the molecule is CCc1cc2c(=O)c(-c3ccc4c(c3)OCCCO4)coc2cc1OC(=O)c1ccc([N+](=O)[O-])cc1. The number of hydrogen-bond donors (Lipinski definition) is 0. The van der Waals surface area contributed by atoms with Crippen LogP contribution in [0.25, 0.3) is 22.1 Å². The first-order valence-corrected chi connectivity index (χ1v) is 11.4. The Bertz CT molecular complexity index is 1540. The molecule has 1 aromatic heterocycles. The minimum atomic E-state index is -0.676. The van der Waals surface area contributed by atoms with Crippen molar-refractivity contribution in [3.63, 3.8) is 0 Å². The molecule has 0 unspecified atom stereocenters. The molecule has 0 radical (unpaired) electrons. The lowest BCUT2D eigenvalue weighted by atomic mass is 10.0. The maximum absolute atomic E-state index is 13.4. The molecule has 0 saturated heterocycles. The van der Waals surface area contributed by atoms with Gasteiger partial charge in [0, 0.05) is 24.6 Å². The maximum Gasteiger partial charge on any atom is 0.343 e. The number of fused-ring (bicyclic) bond motifs is 2. The smallest absolute Gasteiger partial charge is 0.343 e. The quantitative estimate of drug-likeness (QED) is 0.161. The minimum Gasteiger partial charge on any atom is -0.490 e. The van der Waals surface area contributed by atoms with Crippen LogP contribution >= 0.6 is 0 Å². The van der Waals surface area contributed by atoms with Crippen molar-refractivity contribution in [1.82, 2.24) is 0 Å². The largest absolute Gasteiger partial charge is 0.490 e. The van der Waals surface area contributed by atoms with Gasteiger partial charge in [-0.2, -0.15) is 0 Å². The summed E-state index contributed by atoms with van der Waals surface area (Å²) in [6.07, 6.45) is 2.64. The van der Waals surface area contributed by atoms with Gasteiger partial charge in [-0.1, -0.05) is 13.0 Å². The number of esters is 1. The zero-order chi connectivity index (χ0) is 25.2. The van der Waals surface area contributed by atoms with Gasteiger partial charge in [-0.3, -0.25) is 14.9 Å². The van der Waals surface area contributed by atoms with Gasteiger partial charge >= 0.3 is 5.97 Å². The van der Waals surface area contributed by atoms with Crippen molar-refractivity contribution < 1.29 is 28.3 Å². The Morgan fingerprint density at radius 2 is 1.78 bits per heavy atom. The van der Waals surface area contributed by atoms with Crippen LogP contribution in [-0.4, -0.2) is 24.1 Å². The Morgan fingerprint density at radius 1 is 1.03 bits per heavy atom. The fraction of sp³-hybridized carbons (Fsp3) is 0.185. The van der Waals surface area contributed by atoms with Crippen molar-refractivity contribution in [3.8, 4) is 28.4 Å². The predicted molar refractivity (Wildman–Crippen MR) is 131 cm³/mol. The van der Waals surface area contributed by atoms with Crippen LogP contribution in [0.3, 0.4) is 0 Å². The number of nitro benzene ring substituents is 1. The number of carbonyl (C=O) groups is 1. The number of aryl methyl sites for hydroxylation is 1. The molecule has 3 aromatic carbocycles. The van der Waals surface area contributed by atoms with Crippen LogP contribution < -0.4 is 19.6 Å². The number of benzene rings is 3. The number of carbonyl (C=O) groups excluding carboxylic acids is 1. The molecule has 182 valence electrons. The van der Waals surface area contributed by atoms with E-state index in [1.54, 1.807) is 24.3 Å². The summed E-state index contributed by atoms with van der Waals surface area (Å²) in [6.45, 7) is 2.98. The van der Waals surface area contributed by atoms with Crippen LogP contribution in [0.4, 0.5) is 5.69 Å². The minimum absolute atomic E-state index is 0.127. The molecule has 0 N–H and O–H groups in total. The number of hydrogen-bond acceptors (Lipinski definition) is 8. The van der Waals surface area contributed by atoms with E-state index in [2.05, 4.69) is 0 Å². The summed E-state index contributed by atoms with van der Waals surface area (Å²) in [5.74, 6) is 0.784. The molecular formula is C27H21NO8. The first-order chi connectivity index (χ1) is 17.4. The highest BCUT2D eigenvalue weighted by atomic mass is 16.6. The molecule has 0 amide bonds. The van der Waals surface area contributed by atoms with Crippen molar-refractivity contribution in [2.24, 2.45) is 0 Å². The zero-order valence-corrected chi connectivity index (χ0v) is 19.3. The molecule has 0 fully saturated rings. The summed E-state index contributed by atoms with van der Waals surface area (Å²) >= 11 is 0. The first kappa shape index (κ1) is 23.1. The average molecular weight is 487 g/mol. The fourth-order valence-corrected chi connectivity index (χ4v) is 3.98. The molecule has 9 heteroatoms. The third-order valence-electron chi connectivity index (χ3n) is 5.91. The highest BCUT2D eigenvalue weighted by Crippen LogP contribution is 2.34. The van der Waals surface area contributed by atoms with Gasteiger partial charge in [0.05, 0.1) is 34.7 Å². The summed E-state index contributed by atoms with van der Waals surface area (Å²) in [4.78, 5) is 36.3. The second-order valence-electron chi connectivity index (χ2n) is 8.19. The summed E-state index contributed by atoms with van der Waals surface area (Å²) < 4.78 is 22.7. The Kier molecular flexibility index (Phi) is 6.12. The Morgan fingerprint density at radius 3 is 2.50 bits per heavy atom. The van der Waals surface area contributed by atoms with Crippen molar-refractivity contribution in [2.45, 2.75) is 19.8 Å². The summed E-state index contributed by atoms with van der Waals surface area (Å²) in [6, 6.07) is 13.6. The van der Waals surface area contributed by atoms with Crippen LogP contribution in [0, 0.1) is 10.1 Å². The van der Waals surface area contributed by atoms with Crippen LogP contribution in [0.1, 0.15) is 29.3 Å². The highest BCUT2D eigenvalue weighted by Gasteiger charge is 2.18. The van der Waals surface area contributed by atoms with E-state index in [0.29, 0.717) is 53.2 Å². The first-order valence-electron chi connectivity index (χ1n) is 11.4. The molecule has 0 aliphatic carbocycles. The molecule has 0 spiro atoms. The van der Waals surface area contributed by atoms with Crippen molar-refractivity contribution >= 4 is 22.6 Å². The molecule has 0 saturated carbocycles. The average Bonchev–Trinajstić information content (AvgIpc) is 3.13. The second kappa shape index (κ2) is 9.53. The third kappa shape index (κ3) is 4.38. The van der Waals surface area contributed by atoms with E-state index in [0.717, 1.165) is 6.42 Å². The Hall–Kier alpha value is -4.66. The monoisotopic (exact) mass is 487 g/mol. The molecule has 1 aliphatic heterocycles. The molecule has 1 aliphatic rings. The molecule has 4 aromatic rings. The molecule has 2 heterocycles. The second-order valence-corrected chi connectivity index (χ2v) is 8.19. The highest BCUT2D eigenvalue weighted by molar-refractivity contribution is 5.92. The normalized spacial score (nSPS) is 12.7. The van der Waals surface area contributed by atoms with E-state index in [-0.39, 0.29) is 28.0 Å². The van der Waals surface area contributed by atoms with Gasteiger partial charge in [0.2, 0.25) is 5.43 Å². The van der Waals surface area contributed by atoms with Crippen molar-refractivity contribution in [3.05, 3.63) is 92.3 Å². The number of nitro groups is 1. The zero-order valence-electron chi connectivity index (χ0n) is 19.3. The van der Waals surface area contributed by atoms with E-state index in [9.17, 15) is 19.7 Å². The van der Waals surface area contributed by atoms with Gasteiger partial charge in [0.1, 0.15) is 17.6 Å². The lowest BCUT2D eigenvalue weighted by Crippen LogP contribution is -2.11. The molecule has 0 atom stereocenters. The van der Waals surface area contributed by atoms with E-state index in [1.165, 1.54) is 36.6 Å². The predicted octanol–water partition coefficient (Wildman–Crippen LogP) is 5.31. The molecule has 5 rings (SSSR count). The van der Waals surface area contributed by atoms with Gasteiger partial charge in [0.15, 0.2) is 11.5 Å². The van der Waals surface area contributed by atoms with Gasteiger partial charge in [-0.25, -0.2) is 4.79 Å². The lowest BCUT2D eigenvalue weighted by Gasteiger charge is -2.12. The van der Waals surface area contributed by atoms with Crippen LogP contribution in [0.15, 0.2) is 70.1 Å². The fourth-order valence-electron chi connectivity index (χ4n) is 3.98. The third-order valence-corrected chi connectivity index (χ3v) is 5.91. The standard InChI is InChI=1S/C27H21NO8/c1-2-16-12-20-24(14-23(16)36-27(30)17-4-7-19(8-5-17)28(31)32)35-15-21(26(20)29)18-6-9-22-25(13-18)34-11-3-10-33-22/h4-9,12-15H,2-3,10-11H2,1H3. The molecule has 0 bridgehead atoms. The molecular weight excluding hydrogens is 466 g/mol. The van der Waals surface area contributed by atoms with E-state index >= 15 is 0 Å². The number of non-ortho nitro benzene ring substituents is 1. The summed E-state index contributed by atoms with van der Waals surface area (Å²) in [7, 11) is 0. The summed E-state index contributed by atoms with van der Waals surface area (Å²) in [5, 5.41) is 11.2.